The summed E-state index contributed by atoms with van der Waals surface area (Å²) >= 11 is 0. The molecule has 7 nitrogen and oxygen atoms in total. The van der Waals surface area contributed by atoms with Gasteiger partial charge in [-0.05, 0) is 38.0 Å². The molecule has 0 radical (unpaired) electrons. The van der Waals surface area contributed by atoms with Crippen molar-refractivity contribution in [3.8, 4) is 0 Å². The van der Waals surface area contributed by atoms with Gasteiger partial charge in [-0.15, -0.1) is 0 Å². The van der Waals surface area contributed by atoms with E-state index in [1.807, 2.05) is 19.9 Å². The number of hydrogen-bond acceptors (Lipinski definition) is 6. The largest absolute Gasteiger partial charge is 0.461 e. The number of ether oxygens (including phenoxy) is 1. The fourth-order valence-corrected chi connectivity index (χ4v) is 2.88. The van der Waals surface area contributed by atoms with E-state index in [2.05, 4.69) is 10.5 Å². The minimum Gasteiger partial charge on any atom is -0.461 e. The number of anilines is 1. The Kier molecular flexibility index (Phi) is 3.63. The second-order valence-electron chi connectivity index (χ2n) is 5.53. The number of fused-ring (bicyclic) bond motifs is 1. The van der Waals surface area contributed by atoms with E-state index in [1.54, 1.807) is 19.1 Å². The lowest BCUT2D eigenvalue weighted by Crippen LogP contribution is -2.36. The fraction of sp³-hybridized carbons (Fsp3) is 0.375. The van der Waals surface area contributed by atoms with E-state index in [0.717, 1.165) is 16.0 Å². The van der Waals surface area contributed by atoms with Crippen molar-refractivity contribution >= 4 is 29.2 Å². The van der Waals surface area contributed by atoms with Crippen LogP contribution in [0.3, 0.4) is 0 Å². The van der Waals surface area contributed by atoms with Crippen LogP contribution < -0.4 is 10.3 Å². The number of nitrogens with zero attached hydrogens (tertiary/aromatic N) is 2. The van der Waals surface area contributed by atoms with Crippen LogP contribution in [0.4, 0.5) is 5.69 Å². The molecule has 7 heteroatoms. The quantitative estimate of drug-likeness (QED) is 0.655. The van der Waals surface area contributed by atoms with Gasteiger partial charge in [0.05, 0.1) is 12.3 Å². The van der Waals surface area contributed by atoms with Gasteiger partial charge >= 0.3 is 5.97 Å². The van der Waals surface area contributed by atoms with Crippen molar-refractivity contribution in [3.05, 3.63) is 29.3 Å². The van der Waals surface area contributed by atoms with Gasteiger partial charge in [0.25, 0.3) is 5.91 Å². The standard InChI is InChI=1S/C16H17N3O4/c1-4-23-16(22)13-11-12(17-18-13)15(21)19(14(11)20)10-7-5-6-8(2)9(10)3/h5-7,11-12,17H,4H2,1-3H3/t11-,12+/m0/s1. The molecule has 0 bridgehead atoms. The summed E-state index contributed by atoms with van der Waals surface area (Å²) in [6.45, 7) is 5.61. The van der Waals surface area contributed by atoms with Gasteiger partial charge in [-0.25, -0.2) is 9.69 Å². The molecule has 1 saturated heterocycles. The Balaban J connectivity index is 1.97. The minimum absolute atomic E-state index is 0.0389. The molecule has 0 saturated carbocycles. The second kappa shape index (κ2) is 5.49. The van der Waals surface area contributed by atoms with Gasteiger partial charge in [-0.2, -0.15) is 5.10 Å². The third-order valence-electron chi connectivity index (χ3n) is 4.23. The van der Waals surface area contributed by atoms with E-state index in [0.29, 0.717) is 5.69 Å². The van der Waals surface area contributed by atoms with Crippen molar-refractivity contribution < 1.29 is 19.1 Å². The maximum Gasteiger partial charge on any atom is 0.355 e. The molecule has 23 heavy (non-hydrogen) atoms. The summed E-state index contributed by atoms with van der Waals surface area (Å²) in [6, 6.07) is 4.58. The molecule has 1 aromatic rings. The molecule has 1 N–H and O–H groups in total. The molecule has 2 heterocycles. The smallest absolute Gasteiger partial charge is 0.355 e. The molecule has 0 aliphatic carbocycles. The fourth-order valence-electron chi connectivity index (χ4n) is 2.88. The number of hydrogen-bond donors (Lipinski definition) is 1. The van der Waals surface area contributed by atoms with Crippen molar-refractivity contribution in [2.45, 2.75) is 26.8 Å². The van der Waals surface area contributed by atoms with Gasteiger partial charge in [0.15, 0.2) is 5.71 Å². The molecule has 2 aliphatic heterocycles. The average Bonchev–Trinajstić information content (AvgIpc) is 3.05. The van der Waals surface area contributed by atoms with Crippen LogP contribution in [0.25, 0.3) is 0 Å². The first-order valence-electron chi connectivity index (χ1n) is 7.41. The number of benzene rings is 1. The Hall–Kier alpha value is -2.70. The molecule has 1 aromatic carbocycles. The summed E-state index contributed by atoms with van der Waals surface area (Å²) in [5.41, 5.74) is 4.93. The first kappa shape index (κ1) is 15.2. The third-order valence-corrected chi connectivity index (χ3v) is 4.23. The summed E-state index contributed by atoms with van der Waals surface area (Å²) in [4.78, 5) is 38.4. The van der Waals surface area contributed by atoms with Gasteiger partial charge in [-0.3, -0.25) is 15.0 Å². The van der Waals surface area contributed by atoms with Crippen molar-refractivity contribution in [1.82, 2.24) is 5.43 Å². The lowest BCUT2D eigenvalue weighted by Gasteiger charge is -2.19. The Morgan fingerprint density at radius 3 is 2.74 bits per heavy atom. The van der Waals surface area contributed by atoms with Crippen LogP contribution in [-0.4, -0.2) is 36.1 Å². The maximum absolute atomic E-state index is 12.8. The van der Waals surface area contributed by atoms with Crippen LogP contribution in [0.2, 0.25) is 0 Å². The molecular weight excluding hydrogens is 298 g/mol. The number of nitrogens with one attached hydrogen (secondary N) is 1. The Morgan fingerprint density at radius 2 is 2.04 bits per heavy atom. The first-order valence-corrected chi connectivity index (χ1v) is 7.41. The highest BCUT2D eigenvalue weighted by Crippen LogP contribution is 2.33. The lowest BCUT2D eigenvalue weighted by atomic mass is 9.99. The molecule has 2 atom stereocenters. The monoisotopic (exact) mass is 315 g/mol. The summed E-state index contributed by atoms with van der Waals surface area (Å²) in [5.74, 6) is -2.46. The number of carbonyl (C=O) groups excluding carboxylic acids is 3. The normalized spacial score (nSPS) is 22.7. The highest BCUT2D eigenvalue weighted by atomic mass is 16.5. The number of carbonyl (C=O) groups is 3. The Bertz CT molecular complexity index is 741. The number of esters is 1. The number of hydrazone groups is 1. The zero-order chi connectivity index (χ0) is 16.7. The topological polar surface area (TPSA) is 88.1 Å². The maximum atomic E-state index is 12.8. The van der Waals surface area contributed by atoms with Gasteiger partial charge in [0.2, 0.25) is 5.91 Å². The van der Waals surface area contributed by atoms with E-state index in [1.165, 1.54) is 0 Å². The van der Waals surface area contributed by atoms with Gasteiger partial charge < -0.3 is 4.74 Å². The molecule has 0 aromatic heterocycles. The van der Waals surface area contributed by atoms with Crippen molar-refractivity contribution in [1.29, 1.82) is 0 Å². The van der Waals surface area contributed by atoms with E-state index in [9.17, 15) is 14.4 Å². The molecule has 120 valence electrons. The van der Waals surface area contributed by atoms with Crippen molar-refractivity contribution in [2.24, 2.45) is 11.0 Å². The van der Waals surface area contributed by atoms with Crippen LogP contribution in [0, 0.1) is 19.8 Å². The summed E-state index contributed by atoms with van der Waals surface area (Å²) in [5, 5.41) is 3.83. The van der Waals surface area contributed by atoms with E-state index in [-0.39, 0.29) is 12.3 Å². The molecule has 3 rings (SSSR count). The molecule has 2 aliphatic rings. The predicted octanol–water partition coefficient (Wildman–Crippen LogP) is 0.684. The van der Waals surface area contributed by atoms with E-state index in [4.69, 9.17) is 4.74 Å². The van der Waals surface area contributed by atoms with E-state index < -0.39 is 29.7 Å². The van der Waals surface area contributed by atoms with Crippen LogP contribution >= 0.6 is 0 Å². The van der Waals surface area contributed by atoms with Gasteiger partial charge in [0, 0.05) is 0 Å². The highest BCUT2D eigenvalue weighted by molar-refractivity contribution is 6.46. The molecule has 0 unspecified atom stereocenters. The lowest BCUT2D eigenvalue weighted by molar-refractivity contribution is -0.136. The van der Waals surface area contributed by atoms with Crippen LogP contribution in [-0.2, 0) is 19.1 Å². The number of rotatable bonds is 3. The van der Waals surface area contributed by atoms with Gasteiger partial charge in [-0.1, -0.05) is 12.1 Å². The first-order chi connectivity index (χ1) is 11.0. The second-order valence-corrected chi connectivity index (χ2v) is 5.53. The van der Waals surface area contributed by atoms with Gasteiger partial charge in [0.1, 0.15) is 12.0 Å². The molecular formula is C16H17N3O4. The summed E-state index contributed by atoms with van der Waals surface area (Å²) in [6.07, 6.45) is 0. The van der Waals surface area contributed by atoms with Crippen LogP contribution in [0.1, 0.15) is 18.1 Å². The Labute approximate surface area is 133 Å². The minimum atomic E-state index is -0.929. The van der Waals surface area contributed by atoms with Crippen LogP contribution in [0.5, 0.6) is 0 Å². The third kappa shape index (κ3) is 2.19. The highest BCUT2D eigenvalue weighted by Gasteiger charge is 2.56. The van der Waals surface area contributed by atoms with Crippen LogP contribution in [0.15, 0.2) is 23.3 Å². The van der Waals surface area contributed by atoms with Crippen molar-refractivity contribution in [3.63, 3.8) is 0 Å². The predicted molar refractivity (Wildman–Crippen MR) is 82.9 cm³/mol. The SMILES string of the molecule is CCOC(=O)C1=NN[C@H]2C(=O)N(c3cccc(C)c3C)C(=O)[C@H]12. The molecule has 1 fully saturated rings. The zero-order valence-electron chi connectivity index (χ0n) is 13.1. The zero-order valence-corrected chi connectivity index (χ0v) is 13.1. The van der Waals surface area contributed by atoms with Crippen molar-refractivity contribution in [2.75, 3.05) is 11.5 Å². The molecule has 2 amide bonds. The summed E-state index contributed by atoms with van der Waals surface area (Å²) < 4.78 is 4.91. The number of amides is 2. The average molecular weight is 315 g/mol. The Morgan fingerprint density at radius 1 is 1.30 bits per heavy atom. The van der Waals surface area contributed by atoms with E-state index >= 15 is 0 Å². The molecule has 0 spiro atoms. The summed E-state index contributed by atoms with van der Waals surface area (Å²) in [7, 11) is 0. The number of imide groups is 1. The number of aryl methyl sites for hydroxylation is 1.